The fraction of sp³-hybridized carbons (Fsp3) is 0.909. The van der Waals surface area contributed by atoms with Crippen LogP contribution in [0.1, 0.15) is 19.3 Å². The van der Waals surface area contributed by atoms with Gasteiger partial charge in [0.15, 0.2) is 9.84 Å². The molecule has 6 nitrogen and oxygen atoms in total. The Morgan fingerprint density at radius 3 is 2.50 bits per heavy atom. The molecule has 0 radical (unpaired) electrons. The first kappa shape index (κ1) is 13.6. The third-order valence-corrected chi connectivity index (χ3v) is 5.46. The molecule has 2 N–H and O–H groups in total. The van der Waals surface area contributed by atoms with E-state index in [9.17, 15) is 18.3 Å². The summed E-state index contributed by atoms with van der Waals surface area (Å²) in [5.41, 5.74) is 0. The molecule has 2 aliphatic heterocycles. The number of aliphatic hydroxyl groups excluding tert-OH is 1. The van der Waals surface area contributed by atoms with E-state index in [1.807, 2.05) is 0 Å². The normalized spacial score (nSPS) is 28.3. The average molecular weight is 276 g/mol. The third kappa shape index (κ3) is 3.58. The Kier molecular flexibility index (Phi) is 4.11. The first-order valence-electron chi connectivity index (χ1n) is 6.37. The molecular weight excluding hydrogens is 256 g/mol. The van der Waals surface area contributed by atoms with Crippen LogP contribution in [-0.2, 0) is 9.84 Å². The second-order valence-electron chi connectivity index (χ2n) is 5.17. The predicted molar refractivity (Wildman–Crippen MR) is 67.0 cm³/mol. The lowest BCUT2D eigenvalue weighted by molar-refractivity contribution is 0.0934. The molecule has 2 heterocycles. The van der Waals surface area contributed by atoms with E-state index in [1.165, 1.54) is 0 Å². The Bertz CT molecular complexity index is 401. The average Bonchev–Trinajstić information content (AvgIpc) is 2.67. The number of rotatable bonds is 2. The number of hydrogen-bond acceptors (Lipinski definition) is 4. The fourth-order valence-electron chi connectivity index (χ4n) is 2.45. The minimum atomic E-state index is -2.87. The van der Waals surface area contributed by atoms with Gasteiger partial charge in [0.1, 0.15) is 0 Å². The first-order chi connectivity index (χ1) is 8.46. The Morgan fingerprint density at radius 2 is 1.94 bits per heavy atom. The van der Waals surface area contributed by atoms with Crippen molar-refractivity contribution in [3.8, 4) is 0 Å². The summed E-state index contributed by atoms with van der Waals surface area (Å²) in [7, 11) is -2.87. The first-order valence-corrected chi connectivity index (χ1v) is 8.20. The second-order valence-corrected chi connectivity index (χ2v) is 7.40. The number of nitrogens with one attached hydrogen (secondary N) is 1. The van der Waals surface area contributed by atoms with Crippen LogP contribution in [0, 0.1) is 5.92 Å². The van der Waals surface area contributed by atoms with Gasteiger partial charge in [0, 0.05) is 19.6 Å². The maximum atomic E-state index is 11.8. The molecular formula is C11H20N2O4S. The summed E-state index contributed by atoms with van der Waals surface area (Å²) in [5, 5.41) is 12.1. The molecule has 2 fully saturated rings. The molecule has 7 heteroatoms. The number of carbonyl (C=O) groups excluding carboxylic acids is 1. The molecule has 2 rings (SSSR count). The van der Waals surface area contributed by atoms with E-state index >= 15 is 0 Å². The highest BCUT2D eigenvalue weighted by molar-refractivity contribution is 7.91. The van der Waals surface area contributed by atoms with Crippen molar-refractivity contribution < 1.29 is 18.3 Å². The molecule has 0 bridgehead atoms. The summed E-state index contributed by atoms with van der Waals surface area (Å²) in [6, 6.07) is -0.147. The van der Waals surface area contributed by atoms with Gasteiger partial charge in [-0.2, -0.15) is 0 Å². The Morgan fingerprint density at radius 1 is 1.28 bits per heavy atom. The summed E-state index contributed by atoms with van der Waals surface area (Å²) in [5.74, 6) is 0.476. The predicted octanol–water partition coefficient (Wildman–Crippen LogP) is -0.413. The molecule has 0 aromatic heterocycles. The maximum Gasteiger partial charge on any atom is 0.317 e. The Labute approximate surface area is 107 Å². The summed E-state index contributed by atoms with van der Waals surface area (Å²) in [6.45, 7) is 1.56. The molecule has 1 atom stereocenters. The van der Waals surface area contributed by atoms with Gasteiger partial charge in [-0.3, -0.25) is 0 Å². The molecule has 104 valence electrons. The van der Waals surface area contributed by atoms with Gasteiger partial charge in [-0.15, -0.1) is 0 Å². The van der Waals surface area contributed by atoms with E-state index in [1.54, 1.807) is 4.90 Å². The van der Waals surface area contributed by atoms with E-state index in [0.717, 1.165) is 0 Å². The maximum absolute atomic E-state index is 11.8. The summed E-state index contributed by atoms with van der Waals surface area (Å²) >= 11 is 0. The number of aliphatic hydroxyl groups is 1. The molecule has 0 aliphatic carbocycles. The highest BCUT2D eigenvalue weighted by atomic mass is 32.2. The van der Waals surface area contributed by atoms with E-state index < -0.39 is 9.84 Å². The molecule has 0 saturated carbocycles. The van der Waals surface area contributed by atoms with Crippen LogP contribution in [0.3, 0.4) is 0 Å². The molecule has 0 aromatic rings. The van der Waals surface area contributed by atoms with Crippen molar-refractivity contribution in [2.75, 3.05) is 31.1 Å². The van der Waals surface area contributed by atoms with Gasteiger partial charge in [0.25, 0.3) is 0 Å². The van der Waals surface area contributed by atoms with Gasteiger partial charge < -0.3 is 15.3 Å². The van der Waals surface area contributed by atoms with Gasteiger partial charge in [-0.1, -0.05) is 0 Å². The lowest BCUT2D eigenvalue weighted by atomic mass is 10.1. The van der Waals surface area contributed by atoms with Crippen molar-refractivity contribution in [1.82, 2.24) is 10.2 Å². The number of piperidine rings is 1. The van der Waals surface area contributed by atoms with E-state index in [0.29, 0.717) is 38.9 Å². The van der Waals surface area contributed by atoms with E-state index in [4.69, 9.17) is 0 Å². The number of urea groups is 1. The number of carbonyl (C=O) groups is 1. The van der Waals surface area contributed by atoms with E-state index in [-0.39, 0.29) is 29.6 Å². The molecule has 0 aromatic carbocycles. The van der Waals surface area contributed by atoms with E-state index in [2.05, 4.69) is 5.32 Å². The number of sulfone groups is 1. The number of amides is 2. The van der Waals surface area contributed by atoms with Gasteiger partial charge in [-0.25, -0.2) is 13.2 Å². The van der Waals surface area contributed by atoms with Gasteiger partial charge in [0.2, 0.25) is 0 Å². The highest BCUT2D eigenvalue weighted by Gasteiger charge is 2.28. The Balaban J connectivity index is 1.72. The van der Waals surface area contributed by atoms with Crippen molar-refractivity contribution in [1.29, 1.82) is 0 Å². The monoisotopic (exact) mass is 276 g/mol. The van der Waals surface area contributed by atoms with Crippen molar-refractivity contribution >= 4 is 15.9 Å². The Hall–Kier alpha value is -0.820. The minimum Gasteiger partial charge on any atom is -0.393 e. The lowest BCUT2D eigenvalue weighted by Gasteiger charge is -2.30. The van der Waals surface area contributed by atoms with Gasteiger partial charge in [-0.05, 0) is 25.2 Å². The number of nitrogens with zero attached hydrogens (tertiary/aromatic N) is 1. The molecule has 1 unspecified atom stereocenters. The molecule has 2 saturated heterocycles. The van der Waals surface area contributed by atoms with Crippen LogP contribution in [0.25, 0.3) is 0 Å². The quantitative estimate of drug-likeness (QED) is 0.717. The summed E-state index contributed by atoms with van der Waals surface area (Å²) < 4.78 is 22.5. The van der Waals surface area contributed by atoms with Gasteiger partial charge >= 0.3 is 6.03 Å². The summed E-state index contributed by atoms with van der Waals surface area (Å²) in [6.07, 6.45) is 1.58. The molecule has 2 aliphatic rings. The third-order valence-electron chi connectivity index (χ3n) is 3.62. The topological polar surface area (TPSA) is 86.7 Å². The van der Waals surface area contributed by atoms with Crippen LogP contribution >= 0.6 is 0 Å². The van der Waals surface area contributed by atoms with Crippen LogP contribution in [0.2, 0.25) is 0 Å². The zero-order chi connectivity index (χ0) is 13.2. The van der Waals surface area contributed by atoms with Crippen LogP contribution < -0.4 is 5.32 Å². The standard InChI is InChI=1S/C11H20N2O4S/c14-10-1-4-13(5-2-10)11(15)12-7-9-3-6-18(16,17)8-9/h9-10,14H,1-8H2,(H,12,15). The molecule has 2 amide bonds. The minimum absolute atomic E-state index is 0.0503. The van der Waals surface area contributed by atoms with Crippen molar-refractivity contribution in [3.05, 3.63) is 0 Å². The van der Waals surface area contributed by atoms with Crippen LogP contribution in [-0.4, -0.2) is 61.7 Å². The lowest BCUT2D eigenvalue weighted by Crippen LogP contribution is -2.46. The van der Waals surface area contributed by atoms with Crippen molar-refractivity contribution in [3.63, 3.8) is 0 Å². The number of likely N-dealkylation sites (tertiary alicyclic amines) is 1. The van der Waals surface area contributed by atoms with Crippen LogP contribution in [0.5, 0.6) is 0 Å². The van der Waals surface area contributed by atoms with Crippen LogP contribution in [0.4, 0.5) is 4.79 Å². The summed E-state index contributed by atoms with van der Waals surface area (Å²) in [4.78, 5) is 13.5. The second kappa shape index (κ2) is 5.44. The zero-order valence-electron chi connectivity index (χ0n) is 10.3. The highest BCUT2D eigenvalue weighted by Crippen LogP contribution is 2.17. The SMILES string of the molecule is O=C(NCC1CCS(=O)(=O)C1)N1CCC(O)CC1. The smallest absolute Gasteiger partial charge is 0.317 e. The molecule has 0 spiro atoms. The zero-order valence-corrected chi connectivity index (χ0v) is 11.2. The largest absolute Gasteiger partial charge is 0.393 e. The number of hydrogen-bond donors (Lipinski definition) is 2. The van der Waals surface area contributed by atoms with Crippen molar-refractivity contribution in [2.24, 2.45) is 5.92 Å². The van der Waals surface area contributed by atoms with Crippen LogP contribution in [0.15, 0.2) is 0 Å². The molecule has 18 heavy (non-hydrogen) atoms. The van der Waals surface area contributed by atoms with Crippen molar-refractivity contribution in [2.45, 2.75) is 25.4 Å². The fourth-order valence-corrected chi connectivity index (χ4v) is 4.31. The van der Waals surface area contributed by atoms with Gasteiger partial charge in [0.05, 0.1) is 17.6 Å².